The smallest absolute Gasteiger partial charge is 0.310 e. The van der Waals surface area contributed by atoms with Crippen molar-refractivity contribution in [2.45, 2.75) is 39.0 Å². The fourth-order valence-corrected chi connectivity index (χ4v) is 1.70. The standard InChI is InChI=1S/C13H18O3/c1-8(12(15)16)10-6-5-9(14)7-11(10)13(2,3)4/h5-8,14H,1-4H3,(H,15,16). The van der Waals surface area contributed by atoms with Gasteiger partial charge in [-0.1, -0.05) is 26.8 Å². The number of carbonyl (C=O) groups is 1. The predicted octanol–water partition coefficient (Wildman–Crippen LogP) is 2.88. The molecule has 0 fully saturated rings. The Bertz CT molecular complexity index is 402. The molecule has 0 bridgehead atoms. The molecule has 3 nitrogen and oxygen atoms in total. The summed E-state index contributed by atoms with van der Waals surface area (Å²) in [6.45, 7) is 7.66. The molecule has 88 valence electrons. The lowest BCUT2D eigenvalue weighted by Gasteiger charge is -2.24. The molecule has 0 aliphatic rings. The maximum absolute atomic E-state index is 11.0. The van der Waals surface area contributed by atoms with Crippen LogP contribution in [0.4, 0.5) is 0 Å². The first kappa shape index (κ1) is 12.6. The number of hydrogen-bond acceptors (Lipinski definition) is 2. The Hall–Kier alpha value is -1.51. The molecule has 2 N–H and O–H groups in total. The quantitative estimate of drug-likeness (QED) is 0.809. The van der Waals surface area contributed by atoms with E-state index < -0.39 is 11.9 Å². The van der Waals surface area contributed by atoms with Crippen LogP contribution in [0.1, 0.15) is 44.7 Å². The fourth-order valence-electron chi connectivity index (χ4n) is 1.70. The minimum atomic E-state index is -0.851. The van der Waals surface area contributed by atoms with Gasteiger partial charge in [-0.05, 0) is 35.6 Å². The molecule has 0 spiro atoms. The molecule has 3 heteroatoms. The number of aliphatic carboxylic acids is 1. The second-order valence-corrected chi connectivity index (χ2v) is 5.08. The van der Waals surface area contributed by atoms with Crippen molar-refractivity contribution in [1.82, 2.24) is 0 Å². The van der Waals surface area contributed by atoms with Crippen molar-refractivity contribution in [3.05, 3.63) is 29.3 Å². The van der Waals surface area contributed by atoms with Crippen molar-refractivity contribution >= 4 is 5.97 Å². The average Bonchev–Trinajstić information content (AvgIpc) is 2.15. The summed E-state index contributed by atoms with van der Waals surface area (Å²) in [6.07, 6.45) is 0. The molecule has 1 aromatic rings. The summed E-state index contributed by atoms with van der Waals surface area (Å²) < 4.78 is 0. The third-order valence-corrected chi connectivity index (χ3v) is 2.68. The van der Waals surface area contributed by atoms with Crippen molar-refractivity contribution in [2.24, 2.45) is 0 Å². The lowest BCUT2D eigenvalue weighted by Crippen LogP contribution is -2.18. The molecule has 1 unspecified atom stereocenters. The molecular weight excluding hydrogens is 204 g/mol. The first-order valence-corrected chi connectivity index (χ1v) is 5.29. The largest absolute Gasteiger partial charge is 0.508 e. The maximum atomic E-state index is 11.0. The summed E-state index contributed by atoms with van der Waals surface area (Å²) in [7, 11) is 0. The van der Waals surface area contributed by atoms with Crippen LogP contribution < -0.4 is 0 Å². The van der Waals surface area contributed by atoms with Crippen LogP contribution in [0.25, 0.3) is 0 Å². The summed E-state index contributed by atoms with van der Waals surface area (Å²) in [5.41, 5.74) is 1.46. The topological polar surface area (TPSA) is 57.5 Å². The second kappa shape index (κ2) is 4.16. The van der Waals surface area contributed by atoms with E-state index >= 15 is 0 Å². The number of carboxylic acids is 1. The van der Waals surface area contributed by atoms with E-state index in [0.29, 0.717) is 0 Å². The van der Waals surface area contributed by atoms with E-state index in [0.717, 1.165) is 11.1 Å². The highest BCUT2D eigenvalue weighted by atomic mass is 16.4. The van der Waals surface area contributed by atoms with Crippen LogP contribution in [0.15, 0.2) is 18.2 Å². The Morgan fingerprint density at radius 1 is 1.31 bits per heavy atom. The van der Waals surface area contributed by atoms with E-state index in [1.807, 2.05) is 20.8 Å². The molecule has 0 aliphatic carbocycles. The molecule has 1 atom stereocenters. The summed E-state index contributed by atoms with van der Waals surface area (Å²) in [6, 6.07) is 4.87. The van der Waals surface area contributed by atoms with Crippen LogP contribution in [-0.2, 0) is 10.2 Å². The molecule has 0 aromatic heterocycles. The summed E-state index contributed by atoms with van der Waals surface area (Å²) in [5.74, 6) is -1.24. The molecule has 1 rings (SSSR count). The van der Waals surface area contributed by atoms with Gasteiger partial charge >= 0.3 is 5.97 Å². The van der Waals surface area contributed by atoms with Gasteiger partial charge in [0.15, 0.2) is 0 Å². The molecule has 1 aromatic carbocycles. The highest BCUT2D eigenvalue weighted by Gasteiger charge is 2.24. The molecule has 0 heterocycles. The second-order valence-electron chi connectivity index (χ2n) is 5.08. The van der Waals surface area contributed by atoms with Crippen LogP contribution >= 0.6 is 0 Å². The van der Waals surface area contributed by atoms with E-state index in [1.54, 1.807) is 19.1 Å². The number of phenolic OH excluding ortho intramolecular Hbond substituents is 1. The van der Waals surface area contributed by atoms with Crippen LogP contribution in [0.2, 0.25) is 0 Å². The SMILES string of the molecule is CC(C(=O)O)c1ccc(O)cc1C(C)(C)C. The Balaban J connectivity index is 3.34. The van der Waals surface area contributed by atoms with Gasteiger partial charge in [-0.15, -0.1) is 0 Å². The molecule has 0 amide bonds. The van der Waals surface area contributed by atoms with Crippen molar-refractivity contribution in [2.75, 3.05) is 0 Å². The molecule has 0 saturated heterocycles. The average molecular weight is 222 g/mol. The zero-order valence-corrected chi connectivity index (χ0v) is 10.1. The van der Waals surface area contributed by atoms with Gasteiger partial charge in [-0.2, -0.15) is 0 Å². The van der Waals surface area contributed by atoms with Crippen molar-refractivity contribution < 1.29 is 15.0 Å². The predicted molar refractivity (Wildman–Crippen MR) is 62.9 cm³/mol. The first-order valence-electron chi connectivity index (χ1n) is 5.29. The minimum absolute atomic E-state index is 0.172. The fraction of sp³-hybridized carbons (Fsp3) is 0.462. The minimum Gasteiger partial charge on any atom is -0.508 e. The van der Waals surface area contributed by atoms with E-state index in [4.69, 9.17) is 5.11 Å². The normalized spacial score (nSPS) is 13.5. The highest BCUT2D eigenvalue weighted by molar-refractivity contribution is 5.76. The highest BCUT2D eigenvalue weighted by Crippen LogP contribution is 2.33. The van der Waals surface area contributed by atoms with Gasteiger partial charge < -0.3 is 10.2 Å². The van der Waals surface area contributed by atoms with Gasteiger partial charge in [0.25, 0.3) is 0 Å². The van der Waals surface area contributed by atoms with Gasteiger partial charge in [0.1, 0.15) is 5.75 Å². The van der Waals surface area contributed by atoms with Crippen LogP contribution in [0.3, 0.4) is 0 Å². The third kappa shape index (κ3) is 2.54. The summed E-state index contributed by atoms with van der Waals surface area (Å²) in [4.78, 5) is 11.0. The van der Waals surface area contributed by atoms with Gasteiger partial charge in [0.05, 0.1) is 5.92 Å². The molecule has 0 radical (unpaired) electrons. The number of hydrogen-bond donors (Lipinski definition) is 2. The van der Waals surface area contributed by atoms with E-state index in [9.17, 15) is 9.90 Å². The zero-order valence-electron chi connectivity index (χ0n) is 10.1. The lowest BCUT2D eigenvalue weighted by molar-refractivity contribution is -0.138. The van der Waals surface area contributed by atoms with E-state index in [1.165, 1.54) is 6.07 Å². The molecule has 0 saturated carbocycles. The number of carboxylic acid groups (broad SMARTS) is 1. The Morgan fingerprint density at radius 2 is 1.88 bits per heavy atom. The van der Waals surface area contributed by atoms with Crippen molar-refractivity contribution in [3.8, 4) is 5.75 Å². The number of aromatic hydroxyl groups is 1. The number of benzene rings is 1. The lowest BCUT2D eigenvalue weighted by atomic mass is 9.80. The monoisotopic (exact) mass is 222 g/mol. The van der Waals surface area contributed by atoms with Gasteiger partial charge in [-0.3, -0.25) is 4.79 Å². The van der Waals surface area contributed by atoms with Crippen LogP contribution in [0.5, 0.6) is 5.75 Å². The van der Waals surface area contributed by atoms with Crippen LogP contribution in [-0.4, -0.2) is 16.2 Å². The molecule has 16 heavy (non-hydrogen) atoms. The zero-order chi connectivity index (χ0) is 12.5. The van der Waals surface area contributed by atoms with Gasteiger partial charge in [0, 0.05) is 0 Å². The van der Waals surface area contributed by atoms with Crippen molar-refractivity contribution in [3.63, 3.8) is 0 Å². The Kier molecular flexibility index (Phi) is 3.27. The Labute approximate surface area is 95.7 Å². The molecule has 0 aliphatic heterocycles. The van der Waals surface area contributed by atoms with E-state index in [-0.39, 0.29) is 11.2 Å². The van der Waals surface area contributed by atoms with Crippen LogP contribution in [0, 0.1) is 0 Å². The summed E-state index contributed by atoms with van der Waals surface area (Å²) >= 11 is 0. The third-order valence-electron chi connectivity index (χ3n) is 2.68. The Morgan fingerprint density at radius 3 is 2.31 bits per heavy atom. The number of rotatable bonds is 2. The summed E-state index contributed by atoms with van der Waals surface area (Å²) in [5, 5.41) is 18.5. The van der Waals surface area contributed by atoms with Gasteiger partial charge in [0.2, 0.25) is 0 Å². The molecular formula is C13H18O3. The van der Waals surface area contributed by atoms with Gasteiger partial charge in [-0.25, -0.2) is 0 Å². The van der Waals surface area contributed by atoms with Crippen molar-refractivity contribution in [1.29, 1.82) is 0 Å². The van der Waals surface area contributed by atoms with E-state index in [2.05, 4.69) is 0 Å². The number of phenols is 1. The maximum Gasteiger partial charge on any atom is 0.310 e. The first-order chi connectivity index (χ1) is 7.23.